The van der Waals surface area contributed by atoms with E-state index in [2.05, 4.69) is 9.98 Å². The van der Waals surface area contributed by atoms with Crippen LogP contribution in [0.2, 0.25) is 10.0 Å². The lowest BCUT2D eigenvalue weighted by molar-refractivity contribution is -0.384. The van der Waals surface area contributed by atoms with Crippen LogP contribution >= 0.6 is 23.2 Å². The molecule has 0 atom stereocenters. The zero-order valence-electron chi connectivity index (χ0n) is 14.2. The Morgan fingerprint density at radius 3 is 2.71 bits per heavy atom. The number of aromatic nitrogens is 1. The number of nitro groups is 1. The summed E-state index contributed by atoms with van der Waals surface area (Å²) < 4.78 is 5.77. The molecule has 0 aliphatic carbocycles. The van der Waals surface area contributed by atoms with Crippen molar-refractivity contribution in [1.82, 2.24) is 4.98 Å². The average Bonchev–Trinajstić information content (AvgIpc) is 3.10. The zero-order valence-corrected chi connectivity index (χ0v) is 15.7. The first-order valence-electron chi connectivity index (χ1n) is 8.14. The molecular formula is C20H11Cl2N3O3. The molecule has 4 rings (SSSR count). The highest BCUT2D eigenvalue weighted by molar-refractivity contribution is 6.32. The van der Waals surface area contributed by atoms with Gasteiger partial charge in [-0.05, 0) is 48.0 Å². The van der Waals surface area contributed by atoms with Crippen molar-refractivity contribution in [2.75, 3.05) is 0 Å². The summed E-state index contributed by atoms with van der Waals surface area (Å²) in [5.74, 6) is 0.465. The van der Waals surface area contributed by atoms with E-state index in [0.717, 1.165) is 5.56 Å². The summed E-state index contributed by atoms with van der Waals surface area (Å²) in [5, 5.41) is 11.7. The van der Waals surface area contributed by atoms with E-state index in [0.29, 0.717) is 33.3 Å². The SMILES string of the molecule is O=[N+]([O-])c1cc(C=Nc2ccc3oc(-c4cccc(Cl)c4)nc3c2)ccc1Cl. The second-order valence-electron chi connectivity index (χ2n) is 5.91. The van der Waals surface area contributed by atoms with Crippen molar-refractivity contribution in [2.45, 2.75) is 0 Å². The van der Waals surface area contributed by atoms with E-state index in [-0.39, 0.29) is 10.7 Å². The summed E-state index contributed by atoms with van der Waals surface area (Å²) in [7, 11) is 0. The molecule has 0 amide bonds. The van der Waals surface area contributed by atoms with Gasteiger partial charge in [-0.2, -0.15) is 0 Å². The van der Waals surface area contributed by atoms with Crippen molar-refractivity contribution in [3.63, 3.8) is 0 Å². The van der Waals surface area contributed by atoms with Crippen LogP contribution in [0, 0.1) is 10.1 Å². The van der Waals surface area contributed by atoms with Crippen LogP contribution < -0.4 is 0 Å². The molecule has 0 unspecified atom stereocenters. The largest absolute Gasteiger partial charge is 0.436 e. The van der Waals surface area contributed by atoms with Crippen molar-refractivity contribution in [3.8, 4) is 11.5 Å². The van der Waals surface area contributed by atoms with Crippen LogP contribution in [-0.4, -0.2) is 16.1 Å². The molecule has 0 saturated heterocycles. The molecule has 0 spiro atoms. The minimum Gasteiger partial charge on any atom is -0.436 e. The van der Waals surface area contributed by atoms with Crippen LogP contribution in [0.1, 0.15) is 5.56 Å². The van der Waals surface area contributed by atoms with Crippen molar-refractivity contribution < 1.29 is 9.34 Å². The number of oxazole rings is 1. The van der Waals surface area contributed by atoms with Gasteiger partial charge in [0.05, 0.1) is 10.6 Å². The molecule has 0 radical (unpaired) electrons. The second-order valence-corrected chi connectivity index (χ2v) is 6.75. The molecular weight excluding hydrogens is 401 g/mol. The summed E-state index contributed by atoms with van der Waals surface area (Å²) in [5.41, 5.74) is 3.08. The summed E-state index contributed by atoms with van der Waals surface area (Å²) in [4.78, 5) is 19.3. The Morgan fingerprint density at radius 1 is 1.07 bits per heavy atom. The number of rotatable bonds is 4. The van der Waals surface area contributed by atoms with Gasteiger partial charge in [-0.3, -0.25) is 15.1 Å². The Bertz CT molecular complexity index is 1230. The fourth-order valence-corrected chi connectivity index (χ4v) is 3.02. The summed E-state index contributed by atoms with van der Waals surface area (Å²) in [6.07, 6.45) is 1.53. The van der Waals surface area contributed by atoms with E-state index >= 15 is 0 Å². The van der Waals surface area contributed by atoms with Gasteiger partial charge >= 0.3 is 0 Å². The van der Waals surface area contributed by atoms with Crippen LogP contribution in [-0.2, 0) is 0 Å². The first-order chi connectivity index (χ1) is 13.5. The predicted molar refractivity (Wildman–Crippen MR) is 110 cm³/mol. The smallest absolute Gasteiger partial charge is 0.288 e. The number of nitrogens with zero attached hydrogens (tertiary/aromatic N) is 3. The number of hydrogen-bond acceptors (Lipinski definition) is 5. The average molecular weight is 412 g/mol. The molecule has 1 heterocycles. The minimum atomic E-state index is -0.529. The molecule has 0 aliphatic heterocycles. The Labute approximate surface area is 169 Å². The second kappa shape index (κ2) is 7.42. The molecule has 0 N–H and O–H groups in total. The number of nitro benzene ring substituents is 1. The molecule has 28 heavy (non-hydrogen) atoms. The lowest BCUT2D eigenvalue weighted by Gasteiger charge is -1.97. The molecule has 0 fully saturated rings. The van der Waals surface area contributed by atoms with Gasteiger partial charge in [0.15, 0.2) is 5.58 Å². The maximum atomic E-state index is 11.0. The van der Waals surface area contributed by atoms with E-state index in [4.69, 9.17) is 27.6 Å². The highest BCUT2D eigenvalue weighted by Crippen LogP contribution is 2.29. The van der Waals surface area contributed by atoms with Crippen molar-refractivity contribution in [1.29, 1.82) is 0 Å². The van der Waals surface area contributed by atoms with Crippen LogP contribution in [0.15, 0.2) is 70.1 Å². The fraction of sp³-hybridized carbons (Fsp3) is 0. The summed E-state index contributed by atoms with van der Waals surface area (Å²) in [6.45, 7) is 0. The van der Waals surface area contributed by atoms with Crippen molar-refractivity contribution in [2.24, 2.45) is 4.99 Å². The molecule has 4 aromatic rings. The van der Waals surface area contributed by atoms with Crippen LogP contribution in [0.4, 0.5) is 11.4 Å². The Hall–Kier alpha value is -3.22. The van der Waals surface area contributed by atoms with Gasteiger partial charge in [0.1, 0.15) is 10.5 Å². The normalized spacial score (nSPS) is 11.4. The lowest BCUT2D eigenvalue weighted by Crippen LogP contribution is -1.91. The number of aliphatic imine (C=N–C) groups is 1. The van der Waals surface area contributed by atoms with Crippen molar-refractivity contribution in [3.05, 3.63) is 86.4 Å². The first kappa shape index (κ1) is 18.2. The number of benzene rings is 3. The minimum absolute atomic E-state index is 0.0831. The fourth-order valence-electron chi connectivity index (χ4n) is 2.64. The third-order valence-corrected chi connectivity index (χ3v) is 4.53. The number of halogens is 2. The molecule has 0 saturated carbocycles. The quantitative estimate of drug-likeness (QED) is 0.219. The topological polar surface area (TPSA) is 81.5 Å². The maximum absolute atomic E-state index is 11.0. The highest BCUT2D eigenvalue weighted by atomic mass is 35.5. The molecule has 6 nitrogen and oxygen atoms in total. The van der Waals surface area contributed by atoms with Crippen LogP contribution in [0.5, 0.6) is 0 Å². The van der Waals surface area contributed by atoms with Gasteiger partial charge < -0.3 is 4.42 Å². The maximum Gasteiger partial charge on any atom is 0.288 e. The van der Waals surface area contributed by atoms with Gasteiger partial charge in [-0.25, -0.2) is 4.98 Å². The van der Waals surface area contributed by atoms with Gasteiger partial charge in [-0.1, -0.05) is 35.3 Å². The van der Waals surface area contributed by atoms with E-state index in [1.807, 2.05) is 12.1 Å². The number of fused-ring (bicyclic) bond motifs is 1. The Kier molecular flexibility index (Phi) is 4.81. The van der Waals surface area contributed by atoms with E-state index < -0.39 is 4.92 Å². The standard InChI is InChI=1S/C20H11Cl2N3O3/c21-14-3-1-2-13(9-14)20-24-17-10-15(5-7-19(17)28-20)23-11-12-4-6-16(22)18(8-12)25(26)27/h1-11H. The number of hydrogen-bond donors (Lipinski definition) is 0. The van der Waals surface area contributed by atoms with Gasteiger partial charge in [0, 0.05) is 22.9 Å². The van der Waals surface area contributed by atoms with Gasteiger partial charge in [0.2, 0.25) is 5.89 Å². The Morgan fingerprint density at radius 2 is 1.93 bits per heavy atom. The van der Waals surface area contributed by atoms with E-state index in [1.165, 1.54) is 18.3 Å². The third kappa shape index (κ3) is 3.74. The Balaban J connectivity index is 1.64. The predicted octanol–water partition coefficient (Wildman–Crippen LogP) is 6.46. The first-order valence-corrected chi connectivity index (χ1v) is 8.90. The molecule has 8 heteroatoms. The lowest BCUT2D eigenvalue weighted by atomic mass is 10.2. The van der Waals surface area contributed by atoms with E-state index in [1.54, 1.807) is 36.4 Å². The highest BCUT2D eigenvalue weighted by Gasteiger charge is 2.12. The molecule has 0 aliphatic rings. The molecule has 1 aromatic heterocycles. The zero-order chi connectivity index (χ0) is 19.7. The van der Waals surface area contributed by atoms with Crippen LogP contribution in [0.25, 0.3) is 22.6 Å². The molecule has 138 valence electrons. The van der Waals surface area contributed by atoms with Gasteiger partial charge in [-0.15, -0.1) is 0 Å². The van der Waals surface area contributed by atoms with Crippen LogP contribution in [0.3, 0.4) is 0 Å². The van der Waals surface area contributed by atoms with Crippen molar-refractivity contribution >= 4 is 51.9 Å². The van der Waals surface area contributed by atoms with Gasteiger partial charge in [0.25, 0.3) is 5.69 Å². The molecule has 0 bridgehead atoms. The summed E-state index contributed by atoms with van der Waals surface area (Å²) in [6, 6.07) is 17.1. The van der Waals surface area contributed by atoms with E-state index in [9.17, 15) is 10.1 Å². The third-order valence-electron chi connectivity index (χ3n) is 3.97. The molecule has 3 aromatic carbocycles. The summed E-state index contributed by atoms with van der Waals surface area (Å²) >= 11 is 11.8. The monoisotopic (exact) mass is 411 g/mol.